The van der Waals surface area contributed by atoms with E-state index in [4.69, 9.17) is 14.2 Å². The molecule has 2 atom stereocenters. The van der Waals surface area contributed by atoms with Crippen molar-refractivity contribution in [1.82, 2.24) is 0 Å². The van der Waals surface area contributed by atoms with Gasteiger partial charge in [0.2, 0.25) is 0 Å². The molecule has 2 aromatic rings. The first-order chi connectivity index (χ1) is 13.6. The first kappa shape index (κ1) is 21.5. The van der Waals surface area contributed by atoms with Crippen LogP contribution in [0.1, 0.15) is 23.6 Å². The zero-order valence-electron chi connectivity index (χ0n) is 16.9. The molecule has 0 radical (unpaired) electrons. The maximum atomic E-state index is 11.8. The molecule has 0 aliphatic rings. The summed E-state index contributed by atoms with van der Waals surface area (Å²) in [5.74, 6) is 1.26. The second-order valence-electron chi connectivity index (χ2n) is 6.70. The van der Waals surface area contributed by atoms with E-state index in [0.717, 1.165) is 41.4 Å². The minimum absolute atomic E-state index is 0.399. The van der Waals surface area contributed by atoms with E-state index in [-0.39, 0.29) is 0 Å². The van der Waals surface area contributed by atoms with Crippen molar-refractivity contribution < 1.29 is 23.8 Å². The zero-order valence-corrected chi connectivity index (χ0v) is 16.9. The SMILES string of the molecule is CCc1cc(C[C@@H](C=O)[C@@H](C=O)Cc2ccc(OC)c(OC)c2)ccc1OC. The Morgan fingerprint density at radius 1 is 0.750 bits per heavy atom. The van der Waals surface area contributed by atoms with Crippen LogP contribution in [-0.4, -0.2) is 33.9 Å². The lowest BCUT2D eigenvalue weighted by atomic mass is 9.84. The van der Waals surface area contributed by atoms with Crippen molar-refractivity contribution >= 4 is 12.6 Å². The summed E-state index contributed by atoms with van der Waals surface area (Å²) in [6, 6.07) is 11.5. The summed E-state index contributed by atoms with van der Waals surface area (Å²) in [6.07, 6.45) is 3.57. The Balaban J connectivity index is 2.19. The standard InChI is InChI=1S/C23H28O5/c1-5-18-10-16(6-8-21(18)26-2)11-19(14-24)20(15-25)12-17-7-9-22(27-3)23(13-17)28-4/h6-10,13-15,19-20H,5,11-12H2,1-4H3/t19-,20+/m0/s1. The second-order valence-corrected chi connectivity index (χ2v) is 6.70. The summed E-state index contributed by atoms with van der Waals surface area (Å²) >= 11 is 0. The first-order valence-electron chi connectivity index (χ1n) is 9.37. The Labute approximate surface area is 166 Å². The van der Waals surface area contributed by atoms with Crippen molar-refractivity contribution in [3.05, 3.63) is 53.1 Å². The third-order valence-electron chi connectivity index (χ3n) is 5.02. The zero-order chi connectivity index (χ0) is 20.5. The largest absolute Gasteiger partial charge is 0.496 e. The normalized spacial score (nSPS) is 12.7. The molecule has 0 bridgehead atoms. The van der Waals surface area contributed by atoms with Gasteiger partial charge in [-0.15, -0.1) is 0 Å². The fourth-order valence-electron chi connectivity index (χ4n) is 3.39. The number of carbonyl (C=O) groups is 2. The molecule has 0 aromatic heterocycles. The van der Waals surface area contributed by atoms with Gasteiger partial charge in [-0.3, -0.25) is 0 Å². The highest BCUT2D eigenvalue weighted by Gasteiger charge is 2.22. The average molecular weight is 384 g/mol. The monoisotopic (exact) mass is 384 g/mol. The molecule has 2 rings (SSSR count). The van der Waals surface area contributed by atoms with Crippen molar-refractivity contribution in [3.63, 3.8) is 0 Å². The van der Waals surface area contributed by atoms with Gasteiger partial charge in [0.15, 0.2) is 11.5 Å². The molecule has 0 fully saturated rings. The number of hydrogen-bond acceptors (Lipinski definition) is 5. The molecule has 0 aliphatic heterocycles. The number of aldehydes is 2. The van der Waals surface area contributed by atoms with Crippen molar-refractivity contribution in [3.8, 4) is 17.2 Å². The van der Waals surface area contributed by atoms with Crippen LogP contribution in [0.2, 0.25) is 0 Å². The van der Waals surface area contributed by atoms with E-state index in [9.17, 15) is 9.59 Å². The molecule has 2 aromatic carbocycles. The number of carbonyl (C=O) groups excluding carboxylic acids is 2. The number of methoxy groups -OCH3 is 3. The van der Waals surface area contributed by atoms with Gasteiger partial charge in [-0.25, -0.2) is 0 Å². The predicted octanol–water partition coefficient (Wildman–Crippen LogP) is 3.69. The van der Waals surface area contributed by atoms with E-state index < -0.39 is 11.8 Å². The molecule has 0 saturated heterocycles. The molecule has 0 unspecified atom stereocenters. The van der Waals surface area contributed by atoms with Gasteiger partial charge in [0.1, 0.15) is 18.3 Å². The maximum absolute atomic E-state index is 11.8. The van der Waals surface area contributed by atoms with Crippen molar-refractivity contribution in [2.75, 3.05) is 21.3 Å². The number of ether oxygens (including phenoxy) is 3. The van der Waals surface area contributed by atoms with E-state index in [1.807, 2.05) is 36.4 Å². The number of hydrogen-bond donors (Lipinski definition) is 0. The van der Waals surface area contributed by atoms with Gasteiger partial charge in [-0.05, 0) is 54.2 Å². The van der Waals surface area contributed by atoms with Gasteiger partial charge in [0.05, 0.1) is 21.3 Å². The molecule has 0 heterocycles. The summed E-state index contributed by atoms with van der Waals surface area (Å²) in [5.41, 5.74) is 3.03. The molecule has 28 heavy (non-hydrogen) atoms. The highest BCUT2D eigenvalue weighted by atomic mass is 16.5. The molecule has 0 amide bonds. The molecule has 150 valence electrons. The Bertz CT molecular complexity index is 732. The van der Waals surface area contributed by atoms with E-state index in [1.165, 1.54) is 0 Å². The van der Waals surface area contributed by atoms with Gasteiger partial charge >= 0.3 is 0 Å². The van der Waals surface area contributed by atoms with Crippen LogP contribution in [0, 0.1) is 11.8 Å². The maximum Gasteiger partial charge on any atom is 0.160 e. The quantitative estimate of drug-likeness (QED) is 0.553. The summed E-state index contributed by atoms with van der Waals surface area (Å²) in [5, 5.41) is 0. The molecule has 5 nitrogen and oxygen atoms in total. The highest BCUT2D eigenvalue weighted by molar-refractivity contribution is 5.66. The lowest BCUT2D eigenvalue weighted by Crippen LogP contribution is -2.22. The van der Waals surface area contributed by atoms with Crippen LogP contribution in [0.5, 0.6) is 17.2 Å². The first-order valence-corrected chi connectivity index (χ1v) is 9.37. The molecular formula is C23H28O5. The van der Waals surface area contributed by atoms with E-state index in [0.29, 0.717) is 24.3 Å². The Morgan fingerprint density at radius 2 is 1.25 bits per heavy atom. The molecule has 0 spiro atoms. The fraction of sp³-hybridized carbons (Fsp3) is 0.391. The van der Waals surface area contributed by atoms with Gasteiger partial charge in [-0.1, -0.05) is 25.1 Å². The summed E-state index contributed by atoms with van der Waals surface area (Å²) in [4.78, 5) is 23.5. The smallest absolute Gasteiger partial charge is 0.160 e. The van der Waals surface area contributed by atoms with Crippen LogP contribution in [0.4, 0.5) is 0 Å². The van der Waals surface area contributed by atoms with Crippen molar-refractivity contribution in [1.29, 1.82) is 0 Å². The van der Waals surface area contributed by atoms with Crippen LogP contribution in [0.15, 0.2) is 36.4 Å². The van der Waals surface area contributed by atoms with Gasteiger partial charge in [0, 0.05) is 11.8 Å². The van der Waals surface area contributed by atoms with Gasteiger partial charge in [-0.2, -0.15) is 0 Å². The Hall–Kier alpha value is -2.82. The third kappa shape index (κ3) is 5.12. The minimum Gasteiger partial charge on any atom is -0.496 e. The van der Waals surface area contributed by atoms with Crippen molar-refractivity contribution in [2.45, 2.75) is 26.2 Å². The third-order valence-corrected chi connectivity index (χ3v) is 5.02. The Kier molecular flexibility index (Phi) is 8.05. The molecule has 0 aliphatic carbocycles. The van der Waals surface area contributed by atoms with Crippen LogP contribution < -0.4 is 14.2 Å². The summed E-state index contributed by atoms with van der Waals surface area (Å²) in [6.45, 7) is 2.06. The second kappa shape index (κ2) is 10.5. The van der Waals surface area contributed by atoms with Crippen LogP contribution in [0.3, 0.4) is 0 Å². The summed E-state index contributed by atoms with van der Waals surface area (Å²) < 4.78 is 15.9. The van der Waals surface area contributed by atoms with Crippen LogP contribution >= 0.6 is 0 Å². The topological polar surface area (TPSA) is 61.8 Å². The molecule has 0 saturated carbocycles. The molecular weight excluding hydrogens is 356 g/mol. The van der Waals surface area contributed by atoms with Crippen LogP contribution in [0.25, 0.3) is 0 Å². The Morgan fingerprint density at radius 3 is 1.71 bits per heavy atom. The van der Waals surface area contributed by atoms with E-state index in [2.05, 4.69) is 6.92 Å². The minimum atomic E-state index is -0.414. The van der Waals surface area contributed by atoms with Crippen molar-refractivity contribution in [2.24, 2.45) is 11.8 Å². The number of benzene rings is 2. The van der Waals surface area contributed by atoms with E-state index in [1.54, 1.807) is 21.3 Å². The molecule has 5 heteroatoms. The summed E-state index contributed by atoms with van der Waals surface area (Å²) in [7, 11) is 4.80. The predicted molar refractivity (Wildman–Crippen MR) is 108 cm³/mol. The lowest BCUT2D eigenvalue weighted by molar-refractivity contribution is -0.119. The van der Waals surface area contributed by atoms with E-state index >= 15 is 0 Å². The van der Waals surface area contributed by atoms with Gasteiger partial charge in [0.25, 0.3) is 0 Å². The molecule has 0 N–H and O–H groups in total. The highest BCUT2D eigenvalue weighted by Crippen LogP contribution is 2.30. The van der Waals surface area contributed by atoms with Gasteiger partial charge < -0.3 is 23.8 Å². The number of rotatable bonds is 11. The fourth-order valence-corrected chi connectivity index (χ4v) is 3.39. The van der Waals surface area contributed by atoms with Crippen LogP contribution in [-0.2, 0) is 28.9 Å². The average Bonchev–Trinajstić information content (AvgIpc) is 2.75. The number of aryl methyl sites for hydroxylation is 1. The lowest BCUT2D eigenvalue weighted by Gasteiger charge is -2.19.